The first kappa shape index (κ1) is 35.8. The second kappa shape index (κ2) is 17.8. The SMILES string of the molecule is CCCCCCCCCCCCCCCCCCN1c2ccccc2C(C)(C)C12C=Cc1cc(/C=C/c3ccc(OC)cc3)ccc1O2. The molecular weight excluding hydrogens is 587 g/mol. The Morgan fingerprint density at radius 2 is 1.23 bits per heavy atom. The second-order valence-electron chi connectivity index (χ2n) is 14.6. The molecule has 0 aromatic heterocycles. The fourth-order valence-corrected chi connectivity index (χ4v) is 7.74. The Kier molecular flexibility index (Phi) is 13.3. The Hall–Kier alpha value is -3.46. The van der Waals surface area contributed by atoms with Crippen LogP contribution in [-0.2, 0) is 5.41 Å². The van der Waals surface area contributed by atoms with Crippen molar-refractivity contribution in [1.29, 1.82) is 0 Å². The van der Waals surface area contributed by atoms with E-state index in [0.717, 1.165) is 34.7 Å². The van der Waals surface area contributed by atoms with Crippen molar-refractivity contribution in [3.63, 3.8) is 0 Å². The molecule has 0 fully saturated rings. The molecule has 258 valence electrons. The first-order valence-electron chi connectivity index (χ1n) is 19.2. The lowest BCUT2D eigenvalue weighted by molar-refractivity contribution is 0.0531. The van der Waals surface area contributed by atoms with Gasteiger partial charge >= 0.3 is 0 Å². The van der Waals surface area contributed by atoms with E-state index in [4.69, 9.17) is 9.47 Å². The van der Waals surface area contributed by atoms with Crippen LogP contribution in [0.5, 0.6) is 11.5 Å². The smallest absolute Gasteiger partial charge is 0.212 e. The molecule has 3 aromatic rings. The number of anilines is 1. The lowest BCUT2D eigenvalue weighted by Gasteiger charge is -2.47. The number of fused-ring (bicyclic) bond motifs is 2. The van der Waals surface area contributed by atoms with Crippen molar-refractivity contribution in [1.82, 2.24) is 0 Å². The van der Waals surface area contributed by atoms with E-state index in [9.17, 15) is 0 Å². The maximum absolute atomic E-state index is 7.11. The van der Waals surface area contributed by atoms with Crippen LogP contribution in [0.15, 0.2) is 72.8 Å². The number of unbranched alkanes of at least 4 members (excludes halogenated alkanes) is 15. The van der Waals surface area contributed by atoms with Crippen LogP contribution in [0, 0.1) is 0 Å². The summed E-state index contributed by atoms with van der Waals surface area (Å²) in [5, 5.41) is 0. The van der Waals surface area contributed by atoms with Crippen LogP contribution in [-0.4, -0.2) is 19.4 Å². The van der Waals surface area contributed by atoms with Crippen molar-refractivity contribution >= 4 is 23.9 Å². The Labute approximate surface area is 292 Å². The minimum absolute atomic E-state index is 0.195. The Balaban J connectivity index is 1.11. The highest BCUT2D eigenvalue weighted by atomic mass is 16.5. The van der Waals surface area contributed by atoms with Gasteiger partial charge in [0.25, 0.3) is 0 Å². The van der Waals surface area contributed by atoms with E-state index in [1.165, 1.54) is 114 Å². The molecule has 0 bridgehead atoms. The first-order valence-corrected chi connectivity index (χ1v) is 19.2. The highest BCUT2D eigenvalue weighted by Gasteiger charge is 2.58. The Morgan fingerprint density at radius 1 is 0.667 bits per heavy atom. The summed E-state index contributed by atoms with van der Waals surface area (Å²) in [4.78, 5) is 2.56. The molecule has 0 saturated heterocycles. The third-order valence-electron chi connectivity index (χ3n) is 10.8. The molecular formula is C45H61NO2. The molecule has 1 spiro atoms. The summed E-state index contributed by atoms with van der Waals surface area (Å²) in [5.74, 6) is 1.83. The minimum Gasteiger partial charge on any atom is -0.497 e. The van der Waals surface area contributed by atoms with Crippen LogP contribution >= 0.6 is 0 Å². The van der Waals surface area contributed by atoms with Gasteiger partial charge in [0.15, 0.2) is 0 Å². The van der Waals surface area contributed by atoms with Crippen molar-refractivity contribution in [2.75, 3.05) is 18.6 Å². The maximum atomic E-state index is 7.11. The molecule has 0 N–H and O–H groups in total. The summed E-state index contributed by atoms with van der Waals surface area (Å²) in [6.45, 7) is 8.00. The lowest BCUT2D eigenvalue weighted by Crippen LogP contribution is -2.59. The van der Waals surface area contributed by atoms with Gasteiger partial charge in [-0.15, -0.1) is 0 Å². The molecule has 0 amide bonds. The number of rotatable bonds is 20. The molecule has 1 atom stereocenters. The van der Waals surface area contributed by atoms with E-state index in [-0.39, 0.29) is 5.41 Å². The Bertz CT molecular complexity index is 1470. The molecule has 3 nitrogen and oxygen atoms in total. The highest BCUT2D eigenvalue weighted by molar-refractivity contribution is 5.76. The number of para-hydroxylation sites is 1. The van der Waals surface area contributed by atoms with Gasteiger partial charge in [-0.3, -0.25) is 0 Å². The van der Waals surface area contributed by atoms with Gasteiger partial charge in [-0.25, -0.2) is 0 Å². The number of hydrogen-bond acceptors (Lipinski definition) is 3. The zero-order valence-corrected chi connectivity index (χ0v) is 30.4. The summed E-state index contributed by atoms with van der Waals surface area (Å²) >= 11 is 0. The number of hydrogen-bond donors (Lipinski definition) is 0. The predicted molar refractivity (Wildman–Crippen MR) is 207 cm³/mol. The third kappa shape index (κ3) is 8.76. The molecule has 3 heteroatoms. The largest absolute Gasteiger partial charge is 0.497 e. The molecule has 1 unspecified atom stereocenters. The fraction of sp³-hybridized carbons (Fsp3) is 0.511. The van der Waals surface area contributed by atoms with Crippen molar-refractivity contribution < 1.29 is 9.47 Å². The normalized spacial score (nSPS) is 17.5. The van der Waals surface area contributed by atoms with Crippen LogP contribution in [0.4, 0.5) is 5.69 Å². The standard InChI is InChI=1S/C45H61NO2/c1-5-6-7-8-9-10-11-12-13-14-15-16-17-18-19-22-35-46-42-24-21-20-23-41(42)44(2,3)45(46)34-33-39-36-38(29-32-43(39)48-45)26-25-37-27-30-40(47-4)31-28-37/h20-21,23-34,36H,5-19,22,35H2,1-4H3/b26-25+. The average Bonchev–Trinajstić information content (AvgIpc) is 3.29. The number of benzene rings is 3. The molecule has 2 aliphatic heterocycles. The summed E-state index contributed by atoms with van der Waals surface area (Å²) < 4.78 is 12.4. The molecule has 2 aliphatic rings. The van der Waals surface area contributed by atoms with Crippen molar-refractivity contribution in [3.8, 4) is 11.5 Å². The van der Waals surface area contributed by atoms with E-state index in [1.54, 1.807) is 7.11 Å². The second-order valence-corrected chi connectivity index (χ2v) is 14.6. The van der Waals surface area contributed by atoms with Gasteiger partial charge in [0, 0.05) is 17.8 Å². The molecule has 3 aromatic carbocycles. The van der Waals surface area contributed by atoms with E-state index in [1.807, 2.05) is 12.1 Å². The third-order valence-corrected chi connectivity index (χ3v) is 10.8. The van der Waals surface area contributed by atoms with E-state index in [0.29, 0.717) is 0 Å². The van der Waals surface area contributed by atoms with Crippen LogP contribution in [0.1, 0.15) is 146 Å². The van der Waals surface area contributed by atoms with Crippen LogP contribution in [0.25, 0.3) is 18.2 Å². The van der Waals surface area contributed by atoms with Gasteiger partial charge in [0.1, 0.15) is 11.5 Å². The Morgan fingerprint density at radius 3 is 1.85 bits per heavy atom. The van der Waals surface area contributed by atoms with Gasteiger partial charge in [-0.2, -0.15) is 0 Å². The molecule has 0 aliphatic carbocycles. The van der Waals surface area contributed by atoms with Crippen LogP contribution < -0.4 is 14.4 Å². The number of methoxy groups -OCH3 is 1. The number of nitrogens with zero attached hydrogens (tertiary/aromatic N) is 1. The molecule has 5 rings (SSSR count). The van der Waals surface area contributed by atoms with E-state index >= 15 is 0 Å². The number of ether oxygens (including phenoxy) is 2. The van der Waals surface area contributed by atoms with Gasteiger partial charge < -0.3 is 14.4 Å². The summed E-state index contributed by atoms with van der Waals surface area (Å²) in [5.41, 5.74) is 5.39. The zero-order chi connectivity index (χ0) is 33.7. The summed E-state index contributed by atoms with van der Waals surface area (Å²) in [7, 11) is 1.70. The van der Waals surface area contributed by atoms with E-state index < -0.39 is 5.72 Å². The fourth-order valence-electron chi connectivity index (χ4n) is 7.74. The first-order chi connectivity index (χ1) is 23.5. The van der Waals surface area contributed by atoms with Crippen molar-refractivity contribution in [2.45, 2.75) is 135 Å². The van der Waals surface area contributed by atoms with Crippen molar-refractivity contribution in [3.05, 3.63) is 95.1 Å². The van der Waals surface area contributed by atoms with Gasteiger partial charge in [0.05, 0.1) is 12.5 Å². The quantitative estimate of drug-likeness (QED) is 0.0900. The monoisotopic (exact) mass is 647 g/mol. The van der Waals surface area contributed by atoms with Gasteiger partial charge in [0.2, 0.25) is 5.72 Å². The zero-order valence-electron chi connectivity index (χ0n) is 30.4. The lowest BCUT2D eigenvalue weighted by atomic mass is 9.76. The maximum Gasteiger partial charge on any atom is 0.212 e. The van der Waals surface area contributed by atoms with E-state index in [2.05, 4.69) is 105 Å². The molecule has 0 saturated carbocycles. The highest BCUT2D eigenvalue weighted by Crippen LogP contribution is 2.55. The predicted octanol–water partition coefficient (Wildman–Crippen LogP) is 13.0. The molecule has 48 heavy (non-hydrogen) atoms. The van der Waals surface area contributed by atoms with Crippen LogP contribution in [0.2, 0.25) is 0 Å². The van der Waals surface area contributed by atoms with Crippen molar-refractivity contribution in [2.24, 2.45) is 0 Å². The minimum atomic E-state index is -0.542. The molecule has 0 radical (unpaired) electrons. The summed E-state index contributed by atoms with van der Waals surface area (Å²) in [6.07, 6.45) is 31.2. The molecule has 2 heterocycles. The van der Waals surface area contributed by atoms with Gasteiger partial charge in [-0.05, 0) is 79.4 Å². The van der Waals surface area contributed by atoms with Gasteiger partial charge in [-0.1, -0.05) is 152 Å². The topological polar surface area (TPSA) is 21.7 Å². The van der Waals surface area contributed by atoms with Crippen LogP contribution in [0.3, 0.4) is 0 Å². The average molecular weight is 648 g/mol. The summed E-state index contributed by atoms with van der Waals surface area (Å²) in [6, 6.07) is 23.6.